The minimum atomic E-state index is -0.650. The SMILES string of the molecule is O=C(NC1CCC(n2c(=O)c3cc(F)cnc3n(-c3cccc(-c4ccccc4)c3)c2=O)CC1)C1=CN2C=CC=C[C@H]2N1. The van der Waals surface area contributed by atoms with Gasteiger partial charge in [0, 0.05) is 24.5 Å². The van der Waals surface area contributed by atoms with Crippen LogP contribution in [-0.2, 0) is 4.79 Å². The van der Waals surface area contributed by atoms with Crippen LogP contribution in [-0.4, -0.2) is 37.1 Å². The number of carbonyl (C=O) groups is 1. The Morgan fingerprint density at radius 3 is 2.53 bits per heavy atom. The van der Waals surface area contributed by atoms with Crippen molar-refractivity contribution in [3.63, 3.8) is 0 Å². The topological polar surface area (TPSA) is 101 Å². The molecule has 1 atom stereocenters. The zero-order valence-corrected chi connectivity index (χ0v) is 23.2. The van der Waals surface area contributed by atoms with Crippen LogP contribution in [0.25, 0.3) is 27.8 Å². The van der Waals surface area contributed by atoms with Crippen molar-refractivity contribution in [2.24, 2.45) is 0 Å². The number of pyridine rings is 1. The Kier molecular flexibility index (Phi) is 6.73. The standard InChI is InChI=1S/C33H29FN6O3/c34-23-18-27-30(35-19-23)39(26-10-6-9-22(17-26)21-7-2-1-3-8-21)33(43)40(32(27)42)25-14-12-24(13-15-25)36-31(41)28-20-38-16-5-4-11-29(38)37-28/h1-11,16-20,24-25,29,37H,12-15H2,(H,36,41)/t24?,25?,29-/m0/s1. The highest BCUT2D eigenvalue weighted by Gasteiger charge is 2.30. The van der Waals surface area contributed by atoms with E-state index in [0.29, 0.717) is 37.1 Å². The summed E-state index contributed by atoms with van der Waals surface area (Å²) in [4.78, 5) is 46.8. The number of carbonyl (C=O) groups excluding carboxylic acids is 1. The Hall–Kier alpha value is -5.25. The molecule has 3 aliphatic rings. The first-order valence-corrected chi connectivity index (χ1v) is 14.4. The van der Waals surface area contributed by atoms with E-state index in [2.05, 4.69) is 15.6 Å². The van der Waals surface area contributed by atoms with Gasteiger partial charge < -0.3 is 15.5 Å². The molecule has 1 amide bonds. The molecular weight excluding hydrogens is 547 g/mol. The van der Waals surface area contributed by atoms with E-state index in [4.69, 9.17) is 0 Å². The lowest BCUT2D eigenvalue weighted by atomic mass is 9.90. The fourth-order valence-corrected chi connectivity index (χ4v) is 6.16. The second-order valence-corrected chi connectivity index (χ2v) is 11.0. The van der Waals surface area contributed by atoms with Gasteiger partial charge in [0.2, 0.25) is 0 Å². The van der Waals surface area contributed by atoms with Crippen LogP contribution in [0.2, 0.25) is 0 Å². The third kappa shape index (κ3) is 4.94. The van der Waals surface area contributed by atoms with E-state index in [9.17, 15) is 18.8 Å². The number of hydrogen-bond acceptors (Lipinski definition) is 6. The van der Waals surface area contributed by atoms with E-state index in [-0.39, 0.29) is 29.1 Å². The Morgan fingerprint density at radius 1 is 0.953 bits per heavy atom. The van der Waals surface area contributed by atoms with E-state index in [1.807, 2.05) is 77.9 Å². The molecule has 9 nitrogen and oxygen atoms in total. The van der Waals surface area contributed by atoms with Crippen molar-refractivity contribution in [2.75, 3.05) is 0 Å². The summed E-state index contributed by atoms with van der Waals surface area (Å²) in [5.41, 5.74) is 1.91. The number of allylic oxidation sites excluding steroid dienone is 2. The molecule has 2 aromatic heterocycles. The van der Waals surface area contributed by atoms with Crippen LogP contribution in [0.5, 0.6) is 0 Å². The fourth-order valence-electron chi connectivity index (χ4n) is 6.16. The molecule has 4 aromatic rings. The fraction of sp³-hybridized carbons (Fsp3) is 0.212. The molecule has 2 aromatic carbocycles. The number of amides is 1. The van der Waals surface area contributed by atoms with E-state index < -0.39 is 23.1 Å². The Balaban J connectivity index is 1.18. The molecule has 7 rings (SSSR count). The van der Waals surface area contributed by atoms with Crippen molar-refractivity contribution in [2.45, 2.75) is 43.9 Å². The maximum atomic E-state index is 14.4. The number of halogens is 1. The molecule has 216 valence electrons. The van der Waals surface area contributed by atoms with Gasteiger partial charge in [0.15, 0.2) is 5.65 Å². The van der Waals surface area contributed by atoms with Crippen LogP contribution in [0, 0.1) is 5.82 Å². The van der Waals surface area contributed by atoms with Gasteiger partial charge in [-0.15, -0.1) is 0 Å². The average Bonchev–Trinajstić information content (AvgIpc) is 3.48. The highest BCUT2D eigenvalue weighted by Crippen LogP contribution is 2.28. The molecule has 0 spiro atoms. The van der Waals surface area contributed by atoms with Crippen LogP contribution < -0.4 is 21.9 Å². The molecule has 4 heterocycles. The third-order valence-corrected chi connectivity index (χ3v) is 8.31. The van der Waals surface area contributed by atoms with E-state index in [1.165, 1.54) is 9.13 Å². The highest BCUT2D eigenvalue weighted by atomic mass is 19.1. The lowest BCUT2D eigenvalue weighted by Crippen LogP contribution is -2.46. The first-order valence-electron chi connectivity index (χ1n) is 14.4. The molecule has 2 aliphatic heterocycles. The summed E-state index contributed by atoms with van der Waals surface area (Å²) >= 11 is 0. The molecule has 0 bridgehead atoms. The van der Waals surface area contributed by atoms with Gasteiger partial charge in [0.25, 0.3) is 11.5 Å². The Labute approximate surface area is 246 Å². The Morgan fingerprint density at radius 2 is 1.74 bits per heavy atom. The summed E-state index contributed by atoms with van der Waals surface area (Å²) < 4.78 is 17.0. The van der Waals surface area contributed by atoms with Gasteiger partial charge in [0.05, 0.1) is 17.3 Å². The molecule has 1 aliphatic carbocycles. The maximum Gasteiger partial charge on any atom is 0.337 e. The van der Waals surface area contributed by atoms with Crippen molar-refractivity contribution in [3.05, 3.63) is 130 Å². The molecule has 1 fully saturated rings. The number of aromatic nitrogens is 3. The van der Waals surface area contributed by atoms with Crippen LogP contribution in [0.3, 0.4) is 0 Å². The quantitative estimate of drug-likeness (QED) is 0.371. The largest absolute Gasteiger partial charge is 0.356 e. The molecule has 2 N–H and O–H groups in total. The number of benzene rings is 2. The zero-order valence-electron chi connectivity index (χ0n) is 23.2. The van der Waals surface area contributed by atoms with Gasteiger partial charge in [-0.2, -0.15) is 0 Å². The van der Waals surface area contributed by atoms with E-state index in [0.717, 1.165) is 23.4 Å². The lowest BCUT2D eigenvalue weighted by Gasteiger charge is -2.30. The highest BCUT2D eigenvalue weighted by molar-refractivity contribution is 5.93. The summed E-state index contributed by atoms with van der Waals surface area (Å²) in [7, 11) is 0. The molecule has 43 heavy (non-hydrogen) atoms. The van der Waals surface area contributed by atoms with Crippen LogP contribution >= 0.6 is 0 Å². The number of nitrogens with zero attached hydrogens (tertiary/aromatic N) is 4. The average molecular weight is 577 g/mol. The summed E-state index contributed by atoms with van der Waals surface area (Å²) in [5, 5.41) is 6.33. The van der Waals surface area contributed by atoms with Crippen LogP contribution in [0.15, 0.2) is 113 Å². The number of rotatable bonds is 5. The zero-order chi connectivity index (χ0) is 29.5. The van der Waals surface area contributed by atoms with Gasteiger partial charge >= 0.3 is 5.69 Å². The minimum absolute atomic E-state index is 0.0407. The van der Waals surface area contributed by atoms with Crippen molar-refractivity contribution in [1.29, 1.82) is 0 Å². The monoisotopic (exact) mass is 576 g/mol. The molecule has 10 heteroatoms. The molecular formula is C33H29FN6O3. The van der Waals surface area contributed by atoms with E-state index in [1.54, 1.807) is 12.3 Å². The first kappa shape index (κ1) is 26.6. The predicted octanol–water partition coefficient (Wildman–Crippen LogP) is 4.11. The second-order valence-electron chi connectivity index (χ2n) is 11.0. The maximum absolute atomic E-state index is 14.4. The number of hydrogen-bond donors (Lipinski definition) is 2. The molecule has 0 unspecified atom stereocenters. The van der Waals surface area contributed by atoms with Crippen LogP contribution in [0.4, 0.5) is 4.39 Å². The van der Waals surface area contributed by atoms with Crippen molar-refractivity contribution >= 4 is 16.9 Å². The summed E-state index contributed by atoms with van der Waals surface area (Å²) in [6, 6.07) is 17.8. The van der Waals surface area contributed by atoms with Gasteiger partial charge in [-0.1, -0.05) is 48.5 Å². The van der Waals surface area contributed by atoms with Gasteiger partial charge in [0.1, 0.15) is 17.7 Å². The normalized spacial score (nSPS) is 20.9. The summed E-state index contributed by atoms with van der Waals surface area (Å²) in [5.74, 6) is -0.840. The van der Waals surface area contributed by atoms with Crippen molar-refractivity contribution in [3.8, 4) is 16.8 Å². The molecule has 0 radical (unpaired) electrons. The predicted molar refractivity (Wildman–Crippen MR) is 162 cm³/mol. The molecule has 1 saturated carbocycles. The Bertz CT molecular complexity index is 1940. The van der Waals surface area contributed by atoms with Crippen molar-refractivity contribution < 1.29 is 9.18 Å². The third-order valence-electron chi connectivity index (χ3n) is 8.31. The minimum Gasteiger partial charge on any atom is -0.356 e. The van der Waals surface area contributed by atoms with Crippen molar-refractivity contribution in [1.82, 2.24) is 29.7 Å². The summed E-state index contributed by atoms with van der Waals surface area (Å²) in [6.45, 7) is 0. The van der Waals surface area contributed by atoms with E-state index >= 15 is 0 Å². The first-order chi connectivity index (χ1) is 21.0. The number of nitrogens with one attached hydrogen (secondary N) is 2. The van der Waals surface area contributed by atoms with Gasteiger partial charge in [-0.25, -0.2) is 18.7 Å². The lowest BCUT2D eigenvalue weighted by molar-refractivity contribution is -0.118. The smallest absolute Gasteiger partial charge is 0.337 e. The summed E-state index contributed by atoms with van der Waals surface area (Å²) in [6.07, 6.45) is 12.6. The number of fused-ring (bicyclic) bond motifs is 2. The second kappa shape index (κ2) is 10.9. The van der Waals surface area contributed by atoms with Gasteiger partial charge in [-0.05, 0) is 67.2 Å². The van der Waals surface area contributed by atoms with Gasteiger partial charge in [-0.3, -0.25) is 14.2 Å². The van der Waals surface area contributed by atoms with Crippen LogP contribution in [0.1, 0.15) is 31.7 Å². The molecule has 0 saturated heterocycles.